The molecule has 1 saturated heterocycles. The molecule has 2 amide bonds. The van der Waals surface area contributed by atoms with Gasteiger partial charge in [-0.25, -0.2) is 4.39 Å². The first-order valence-electron chi connectivity index (χ1n) is 8.48. The van der Waals surface area contributed by atoms with Crippen LogP contribution in [0.5, 0.6) is 5.75 Å². The van der Waals surface area contributed by atoms with E-state index in [-0.39, 0.29) is 36.6 Å². The summed E-state index contributed by atoms with van der Waals surface area (Å²) >= 11 is 0. The molecule has 1 aliphatic rings. The number of halogens is 1. The number of anilines is 1. The number of amides is 2. The molecule has 136 valence electrons. The monoisotopic (exact) mass is 356 g/mol. The van der Waals surface area contributed by atoms with Crippen molar-refractivity contribution in [2.75, 3.05) is 18.1 Å². The Balaban J connectivity index is 1.56. The second kappa shape index (κ2) is 7.56. The Morgan fingerprint density at radius 1 is 1.23 bits per heavy atom. The zero-order chi connectivity index (χ0) is 18.7. The molecule has 0 aliphatic carbocycles. The summed E-state index contributed by atoms with van der Waals surface area (Å²) in [6.07, 6.45) is 0.234. The summed E-state index contributed by atoms with van der Waals surface area (Å²) in [4.78, 5) is 26.0. The van der Waals surface area contributed by atoms with Crippen molar-refractivity contribution in [2.45, 2.75) is 26.3 Å². The zero-order valence-corrected chi connectivity index (χ0v) is 14.8. The van der Waals surface area contributed by atoms with Crippen LogP contribution in [0.15, 0.2) is 42.5 Å². The Hall–Kier alpha value is -2.89. The summed E-state index contributed by atoms with van der Waals surface area (Å²) in [7, 11) is 0. The van der Waals surface area contributed by atoms with Crippen molar-refractivity contribution in [1.82, 2.24) is 5.32 Å². The lowest BCUT2D eigenvalue weighted by atomic mass is 10.1. The summed E-state index contributed by atoms with van der Waals surface area (Å²) in [5.41, 5.74) is 3.11. The average molecular weight is 356 g/mol. The van der Waals surface area contributed by atoms with Crippen LogP contribution in [0.2, 0.25) is 0 Å². The molecule has 0 saturated carbocycles. The molecule has 6 heteroatoms. The topological polar surface area (TPSA) is 58.6 Å². The number of nitrogens with zero attached hydrogens (tertiary/aromatic N) is 1. The second-order valence-electron chi connectivity index (χ2n) is 6.46. The van der Waals surface area contributed by atoms with Gasteiger partial charge in [0, 0.05) is 18.7 Å². The summed E-state index contributed by atoms with van der Waals surface area (Å²) in [5, 5.41) is 2.78. The van der Waals surface area contributed by atoms with Gasteiger partial charge in [0.25, 0.3) is 5.91 Å². The molecule has 1 atom stereocenters. The number of ether oxygens (including phenoxy) is 1. The number of nitrogens with one attached hydrogen (secondary N) is 1. The molecule has 0 unspecified atom stereocenters. The fourth-order valence-corrected chi connectivity index (χ4v) is 2.92. The van der Waals surface area contributed by atoms with E-state index in [1.165, 1.54) is 12.1 Å². The highest BCUT2D eigenvalue weighted by Crippen LogP contribution is 2.24. The number of hydrogen-bond donors (Lipinski definition) is 1. The first-order valence-corrected chi connectivity index (χ1v) is 8.48. The molecule has 26 heavy (non-hydrogen) atoms. The van der Waals surface area contributed by atoms with Gasteiger partial charge < -0.3 is 15.0 Å². The van der Waals surface area contributed by atoms with Crippen molar-refractivity contribution in [3.05, 3.63) is 59.4 Å². The summed E-state index contributed by atoms with van der Waals surface area (Å²) in [5.74, 6) is -0.902. The van der Waals surface area contributed by atoms with Crippen molar-refractivity contribution in [3.8, 4) is 5.75 Å². The zero-order valence-electron chi connectivity index (χ0n) is 14.8. The molecule has 3 rings (SSSR count). The Labute approximate surface area is 151 Å². The normalized spacial score (nSPS) is 16.7. The standard InChI is InChI=1S/C20H21FN2O3/c1-13-7-8-16(9-14(13)2)23-11-15(10-20(23)25)22-19(24)12-26-18-6-4-3-5-17(18)21/h3-9,15H,10-12H2,1-2H3,(H,22,24)/t15-/m0/s1. The smallest absolute Gasteiger partial charge is 0.258 e. The SMILES string of the molecule is Cc1ccc(N2C[C@@H](NC(=O)COc3ccccc3F)CC2=O)cc1C. The van der Waals surface area contributed by atoms with Gasteiger partial charge in [-0.2, -0.15) is 0 Å². The first-order chi connectivity index (χ1) is 12.4. The van der Waals surface area contributed by atoms with Crippen LogP contribution in [0.25, 0.3) is 0 Å². The maximum Gasteiger partial charge on any atom is 0.258 e. The van der Waals surface area contributed by atoms with Gasteiger partial charge in [0.15, 0.2) is 18.2 Å². The van der Waals surface area contributed by atoms with Gasteiger partial charge in [-0.05, 0) is 49.2 Å². The van der Waals surface area contributed by atoms with Crippen molar-refractivity contribution in [1.29, 1.82) is 0 Å². The summed E-state index contributed by atoms with van der Waals surface area (Å²) in [6, 6.07) is 11.5. The molecule has 1 fully saturated rings. The van der Waals surface area contributed by atoms with E-state index in [1.807, 2.05) is 32.0 Å². The molecule has 5 nitrogen and oxygen atoms in total. The largest absolute Gasteiger partial charge is 0.481 e. The van der Waals surface area contributed by atoms with Crippen LogP contribution in [-0.2, 0) is 9.59 Å². The number of carbonyl (C=O) groups is 2. The minimum absolute atomic E-state index is 0.0295. The van der Waals surface area contributed by atoms with Crippen LogP contribution in [0.1, 0.15) is 17.5 Å². The first kappa shape index (κ1) is 17.9. The van der Waals surface area contributed by atoms with Gasteiger partial charge in [-0.15, -0.1) is 0 Å². The number of para-hydroxylation sites is 1. The number of carbonyl (C=O) groups excluding carboxylic acids is 2. The summed E-state index contributed by atoms with van der Waals surface area (Å²) < 4.78 is 18.7. The molecule has 2 aromatic rings. The van der Waals surface area contributed by atoms with E-state index < -0.39 is 5.82 Å². The number of hydrogen-bond acceptors (Lipinski definition) is 3. The molecular weight excluding hydrogens is 335 g/mol. The maximum atomic E-state index is 13.5. The average Bonchev–Trinajstić information content (AvgIpc) is 2.97. The fourth-order valence-electron chi connectivity index (χ4n) is 2.92. The lowest BCUT2D eigenvalue weighted by Crippen LogP contribution is -2.39. The molecule has 0 spiro atoms. The van der Waals surface area contributed by atoms with Crippen LogP contribution in [0.4, 0.5) is 10.1 Å². The van der Waals surface area contributed by atoms with E-state index in [0.29, 0.717) is 6.54 Å². The third kappa shape index (κ3) is 4.02. The van der Waals surface area contributed by atoms with Gasteiger partial charge >= 0.3 is 0 Å². The van der Waals surface area contributed by atoms with Crippen molar-refractivity contribution >= 4 is 17.5 Å². The molecule has 1 aliphatic heterocycles. The molecule has 1 N–H and O–H groups in total. The molecule has 2 aromatic carbocycles. The van der Waals surface area contributed by atoms with Gasteiger partial charge in [0.05, 0.1) is 6.04 Å². The number of aryl methyl sites for hydroxylation is 2. The van der Waals surface area contributed by atoms with Crippen LogP contribution in [-0.4, -0.2) is 31.0 Å². The van der Waals surface area contributed by atoms with Crippen molar-refractivity contribution in [2.24, 2.45) is 0 Å². The minimum Gasteiger partial charge on any atom is -0.481 e. The van der Waals surface area contributed by atoms with E-state index in [2.05, 4.69) is 5.32 Å². The fraction of sp³-hybridized carbons (Fsp3) is 0.300. The molecular formula is C20H21FN2O3. The lowest BCUT2D eigenvalue weighted by molar-refractivity contribution is -0.123. The van der Waals surface area contributed by atoms with Gasteiger partial charge in [-0.3, -0.25) is 9.59 Å². The summed E-state index contributed by atoms with van der Waals surface area (Å²) in [6.45, 7) is 4.13. The van der Waals surface area contributed by atoms with E-state index in [9.17, 15) is 14.0 Å². The molecule has 0 radical (unpaired) electrons. The van der Waals surface area contributed by atoms with E-state index >= 15 is 0 Å². The van der Waals surface area contributed by atoms with Crippen molar-refractivity contribution < 1.29 is 18.7 Å². The third-order valence-electron chi connectivity index (χ3n) is 4.49. The Morgan fingerprint density at radius 2 is 2.00 bits per heavy atom. The van der Waals surface area contributed by atoms with Crippen molar-refractivity contribution in [3.63, 3.8) is 0 Å². The van der Waals surface area contributed by atoms with Crippen LogP contribution >= 0.6 is 0 Å². The molecule has 1 heterocycles. The number of benzene rings is 2. The highest BCUT2D eigenvalue weighted by molar-refractivity contribution is 5.97. The van der Waals surface area contributed by atoms with Crippen LogP contribution in [0, 0.1) is 19.7 Å². The predicted octanol–water partition coefficient (Wildman–Crippen LogP) is 2.74. The third-order valence-corrected chi connectivity index (χ3v) is 4.49. The maximum absolute atomic E-state index is 13.5. The van der Waals surface area contributed by atoms with Crippen LogP contribution in [0.3, 0.4) is 0 Å². The highest BCUT2D eigenvalue weighted by atomic mass is 19.1. The van der Waals surface area contributed by atoms with Crippen LogP contribution < -0.4 is 15.0 Å². The molecule has 0 bridgehead atoms. The molecule has 0 aromatic heterocycles. The minimum atomic E-state index is -0.516. The predicted molar refractivity (Wildman–Crippen MR) is 96.7 cm³/mol. The second-order valence-corrected chi connectivity index (χ2v) is 6.46. The lowest BCUT2D eigenvalue weighted by Gasteiger charge is -2.18. The van der Waals surface area contributed by atoms with E-state index in [0.717, 1.165) is 16.8 Å². The van der Waals surface area contributed by atoms with E-state index in [1.54, 1.807) is 17.0 Å². The van der Waals surface area contributed by atoms with Gasteiger partial charge in [-0.1, -0.05) is 18.2 Å². The Kier molecular flexibility index (Phi) is 5.21. The quantitative estimate of drug-likeness (QED) is 0.896. The van der Waals surface area contributed by atoms with Gasteiger partial charge in [0.2, 0.25) is 5.91 Å². The Morgan fingerprint density at radius 3 is 2.73 bits per heavy atom. The Bertz CT molecular complexity index is 838. The van der Waals surface area contributed by atoms with E-state index in [4.69, 9.17) is 4.74 Å². The number of rotatable bonds is 5. The van der Waals surface area contributed by atoms with Gasteiger partial charge in [0.1, 0.15) is 0 Å². The highest BCUT2D eigenvalue weighted by Gasteiger charge is 2.31.